The molecule has 0 aliphatic carbocycles. The molecule has 29 heavy (non-hydrogen) atoms. The third-order valence-corrected chi connectivity index (χ3v) is 5.31. The summed E-state index contributed by atoms with van der Waals surface area (Å²) in [4.78, 5) is 30.1. The summed E-state index contributed by atoms with van der Waals surface area (Å²) in [7, 11) is 1.57. The van der Waals surface area contributed by atoms with Gasteiger partial charge in [0.15, 0.2) is 0 Å². The Hall–Kier alpha value is -3.12. The number of morpholine rings is 1. The summed E-state index contributed by atoms with van der Waals surface area (Å²) in [5.41, 5.74) is 2.61. The molecule has 2 aliphatic heterocycles. The number of carbonyl (C=O) groups is 2. The summed E-state index contributed by atoms with van der Waals surface area (Å²) in [6, 6.07) is 17.2. The Morgan fingerprint density at radius 2 is 1.62 bits per heavy atom. The Labute approximate surface area is 170 Å². The highest BCUT2D eigenvalue weighted by atomic mass is 16.5. The predicted molar refractivity (Wildman–Crippen MR) is 109 cm³/mol. The van der Waals surface area contributed by atoms with E-state index in [0.29, 0.717) is 61.9 Å². The number of carbonyl (C=O) groups excluding carboxylic acids is 2. The van der Waals surface area contributed by atoms with Crippen LogP contribution in [0, 0.1) is 0 Å². The van der Waals surface area contributed by atoms with Crippen LogP contribution in [0.15, 0.2) is 60.3 Å². The smallest absolute Gasteiger partial charge is 0.277 e. The van der Waals surface area contributed by atoms with Crippen molar-refractivity contribution >= 4 is 17.4 Å². The van der Waals surface area contributed by atoms with Gasteiger partial charge in [0.05, 0.1) is 25.9 Å². The molecule has 0 aromatic heterocycles. The van der Waals surface area contributed by atoms with E-state index in [2.05, 4.69) is 0 Å². The van der Waals surface area contributed by atoms with Gasteiger partial charge in [-0.25, -0.2) is 0 Å². The van der Waals surface area contributed by atoms with Gasteiger partial charge < -0.3 is 14.4 Å². The van der Waals surface area contributed by atoms with E-state index in [4.69, 9.17) is 9.47 Å². The van der Waals surface area contributed by atoms with Crippen molar-refractivity contribution in [3.63, 3.8) is 0 Å². The molecule has 6 heteroatoms. The molecular formula is C23H24N2O4. The minimum Gasteiger partial charge on any atom is -0.496 e. The summed E-state index contributed by atoms with van der Waals surface area (Å²) in [5.74, 6) is 0.0741. The first-order valence-corrected chi connectivity index (χ1v) is 9.81. The van der Waals surface area contributed by atoms with Crippen LogP contribution in [0.4, 0.5) is 0 Å². The van der Waals surface area contributed by atoms with Crippen LogP contribution in [0.1, 0.15) is 11.1 Å². The Kier molecular flexibility index (Phi) is 5.62. The Morgan fingerprint density at radius 3 is 2.34 bits per heavy atom. The zero-order valence-electron chi connectivity index (χ0n) is 16.5. The molecule has 0 N–H and O–H groups in total. The zero-order valence-corrected chi connectivity index (χ0v) is 16.5. The number of para-hydroxylation sites is 1. The molecule has 0 spiro atoms. The summed E-state index contributed by atoms with van der Waals surface area (Å²) < 4.78 is 10.9. The number of hydrogen-bond donors (Lipinski definition) is 0. The fraction of sp³-hybridized carbons (Fsp3) is 0.304. The molecule has 2 aromatic rings. The van der Waals surface area contributed by atoms with Gasteiger partial charge >= 0.3 is 0 Å². The number of methoxy groups -OCH3 is 1. The van der Waals surface area contributed by atoms with Crippen LogP contribution in [-0.4, -0.2) is 61.6 Å². The molecule has 1 fully saturated rings. The lowest BCUT2D eigenvalue weighted by molar-refractivity contribution is -0.137. The van der Waals surface area contributed by atoms with Crippen LogP contribution < -0.4 is 4.74 Å². The average molecular weight is 392 g/mol. The highest BCUT2D eigenvalue weighted by Crippen LogP contribution is 2.36. The third kappa shape index (κ3) is 3.76. The average Bonchev–Trinajstić information content (AvgIpc) is 3.03. The summed E-state index contributed by atoms with van der Waals surface area (Å²) in [5, 5.41) is 0. The molecule has 0 radical (unpaired) electrons. The van der Waals surface area contributed by atoms with Crippen molar-refractivity contribution in [2.24, 2.45) is 0 Å². The molecule has 6 nitrogen and oxygen atoms in total. The maximum atomic E-state index is 13.4. The minimum absolute atomic E-state index is 0.242. The molecule has 0 unspecified atom stereocenters. The van der Waals surface area contributed by atoms with Crippen molar-refractivity contribution < 1.29 is 19.1 Å². The third-order valence-electron chi connectivity index (χ3n) is 5.31. The van der Waals surface area contributed by atoms with Gasteiger partial charge in [0.2, 0.25) is 0 Å². The first kappa shape index (κ1) is 19.2. The molecule has 0 atom stereocenters. The molecular weight excluding hydrogens is 368 g/mol. The topological polar surface area (TPSA) is 59.1 Å². The van der Waals surface area contributed by atoms with Gasteiger partial charge in [-0.2, -0.15) is 0 Å². The molecule has 1 saturated heterocycles. The lowest BCUT2D eigenvalue weighted by Crippen LogP contribution is -2.40. The van der Waals surface area contributed by atoms with Crippen molar-refractivity contribution in [3.05, 3.63) is 71.4 Å². The number of imide groups is 1. The maximum Gasteiger partial charge on any atom is 0.277 e. The molecule has 2 aliphatic rings. The number of nitrogens with zero attached hydrogens (tertiary/aromatic N) is 2. The number of amides is 2. The fourth-order valence-corrected chi connectivity index (χ4v) is 3.83. The number of benzene rings is 2. The predicted octanol–water partition coefficient (Wildman–Crippen LogP) is 2.35. The SMILES string of the molecule is COc1ccccc1C1=C(N2CCOCC2)C(=O)N(CCc2ccccc2)C1=O. The molecule has 2 amide bonds. The fourth-order valence-electron chi connectivity index (χ4n) is 3.83. The molecule has 0 saturated carbocycles. The largest absolute Gasteiger partial charge is 0.496 e. The van der Waals surface area contributed by atoms with Gasteiger partial charge in [-0.05, 0) is 18.1 Å². The van der Waals surface area contributed by atoms with Crippen molar-refractivity contribution in [1.82, 2.24) is 9.80 Å². The molecule has 0 bridgehead atoms. The van der Waals surface area contributed by atoms with Gasteiger partial charge in [0.1, 0.15) is 11.4 Å². The van der Waals surface area contributed by atoms with Gasteiger partial charge in [0.25, 0.3) is 11.8 Å². The molecule has 4 rings (SSSR count). The number of hydrogen-bond acceptors (Lipinski definition) is 5. The number of rotatable bonds is 6. The zero-order chi connectivity index (χ0) is 20.2. The lowest BCUT2D eigenvalue weighted by atomic mass is 10.0. The normalized spacial score (nSPS) is 17.3. The van der Waals surface area contributed by atoms with Gasteiger partial charge in [-0.15, -0.1) is 0 Å². The number of ether oxygens (including phenoxy) is 2. The van der Waals surface area contributed by atoms with Gasteiger partial charge in [-0.3, -0.25) is 14.5 Å². The Morgan fingerprint density at radius 1 is 0.931 bits per heavy atom. The Balaban J connectivity index is 1.70. The van der Waals surface area contributed by atoms with Gasteiger partial charge in [-0.1, -0.05) is 48.5 Å². The van der Waals surface area contributed by atoms with Crippen LogP contribution >= 0.6 is 0 Å². The van der Waals surface area contributed by atoms with Crippen LogP contribution in [0.2, 0.25) is 0 Å². The maximum absolute atomic E-state index is 13.4. The second kappa shape index (κ2) is 8.49. The molecule has 2 heterocycles. The first-order chi connectivity index (χ1) is 14.2. The summed E-state index contributed by atoms with van der Waals surface area (Å²) in [6.07, 6.45) is 0.619. The molecule has 150 valence electrons. The van der Waals surface area contributed by atoms with Crippen molar-refractivity contribution in [1.29, 1.82) is 0 Å². The quantitative estimate of drug-likeness (QED) is 0.707. The van der Waals surface area contributed by atoms with E-state index in [0.717, 1.165) is 5.56 Å². The van der Waals surface area contributed by atoms with Crippen molar-refractivity contribution in [2.45, 2.75) is 6.42 Å². The molecule has 2 aromatic carbocycles. The van der Waals surface area contributed by atoms with Crippen molar-refractivity contribution in [2.75, 3.05) is 40.0 Å². The first-order valence-electron chi connectivity index (χ1n) is 9.81. The monoisotopic (exact) mass is 392 g/mol. The second-order valence-corrected chi connectivity index (χ2v) is 7.02. The Bertz CT molecular complexity index is 933. The highest BCUT2D eigenvalue weighted by molar-refractivity contribution is 6.36. The van der Waals surface area contributed by atoms with Crippen LogP contribution in [-0.2, 0) is 20.7 Å². The van der Waals surface area contributed by atoms with E-state index in [9.17, 15) is 9.59 Å². The summed E-state index contributed by atoms with van der Waals surface area (Å²) in [6.45, 7) is 2.58. The van der Waals surface area contributed by atoms with E-state index in [1.807, 2.05) is 59.5 Å². The highest BCUT2D eigenvalue weighted by Gasteiger charge is 2.42. The second-order valence-electron chi connectivity index (χ2n) is 7.02. The van der Waals surface area contributed by atoms with E-state index >= 15 is 0 Å². The standard InChI is InChI=1S/C23H24N2O4/c1-28-19-10-6-5-9-18(19)20-21(24-13-15-29-16-14-24)23(27)25(22(20)26)12-11-17-7-3-2-4-8-17/h2-10H,11-16H2,1H3. The van der Waals surface area contributed by atoms with Gasteiger partial charge in [0, 0.05) is 25.2 Å². The van der Waals surface area contributed by atoms with E-state index < -0.39 is 0 Å². The van der Waals surface area contributed by atoms with Crippen LogP contribution in [0.3, 0.4) is 0 Å². The van der Waals surface area contributed by atoms with E-state index in [1.165, 1.54) is 4.90 Å². The van der Waals surface area contributed by atoms with Crippen LogP contribution in [0.5, 0.6) is 5.75 Å². The van der Waals surface area contributed by atoms with E-state index in [-0.39, 0.29) is 11.8 Å². The minimum atomic E-state index is -0.267. The van der Waals surface area contributed by atoms with Crippen molar-refractivity contribution in [3.8, 4) is 5.75 Å². The summed E-state index contributed by atoms with van der Waals surface area (Å²) >= 11 is 0. The van der Waals surface area contributed by atoms with Crippen LogP contribution in [0.25, 0.3) is 5.57 Å². The lowest BCUT2D eigenvalue weighted by Gasteiger charge is -2.29. The van der Waals surface area contributed by atoms with E-state index in [1.54, 1.807) is 7.11 Å².